The number of carbonyl (C=O) groups excluding carboxylic acids is 1. The summed E-state index contributed by atoms with van der Waals surface area (Å²) in [5.74, 6) is 0.0293. The van der Waals surface area contributed by atoms with Crippen LogP contribution >= 0.6 is 23.2 Å². The van der Waals surface area contributed by atoms with Gasteiger partial charge in [0.1, 0.15) is 18.4 Å². The van der Waals surface area contributed by atoms with Crippen molar-refractivity contribution in [3.63, 3.8) is 0 Å². The lowest BCUT2D eigenvalue weighted by Crippen LogP contribution is -2.12. The Morgan fingerprint density at radius 1 is 1.43 bits per heavy atom. The molecule has 0 N–H and O–H groups in total. The first-order valence-electron chi connectivity index (χ1n) is 6.59. The quantitative estimate of drug-likeness (QED) is 0.607. The predicted octanol–water partition coefficient (Wildman–Crippen LogP) is 4.35. The summed E-state index contributed by atoms with van der Waals surface area (Å²) in [7, 11) is 0. The zero-order valence-corrected chi connectivity index (χ0v) is 13.3. The van der Waals surface area contributed by atoms with Gasteiger partial charge in [0.05, 0.1) is 5.02 Å². The molecule has 0 saturated heterocycles. The minimum atomic E-state index is -0.206. The van der Waals surface area contributed by atoms with Gasteiger partial charge in [-0.25, -0.2) is 9.67 Å². The molecule has 0 aliphatic heterocycles. The number of hydrogen-bond acceptors (Lipinski definition) is 3. The van der Waals surface area contributed by atoms with Crippen LogP contribution in [0.4, 0.5) is 0 Å². The van der Waals surface area contributed by atoms with Gasteiger partial charge >= 0.3 is 0 Å². The SMILES string of the molecule is CCC(C)/C=C(/C(=O)c1ccc(Cl)cc1Cl)n1cncn1. The van der Waals surface area contributed by atoms with E-state index < -0.39 is 0 Å². The van der Waals surface area contributed by atoms with Crippen molar-refractivity contribution in [2.24, 2.45) is 5.92 Å². The van der Waals surface area contributed by atoms with E-state index in [-0.39, 0.29) is 11.7 Å². The summed E-state index contributed by atoms with van der Waals surface area (Å²) in [4.78, 5) is 16.6. The molecule has 0 fully saturated rings. The summed E-state index contributed by atoms with van der Waals surface area (Å²) in [6.07, 6.45) is 5.68. The molecule has 0 bridgehead atoms. The van der Waals surface area contributed by atoms with E-state index >= 15 is 0 Å². The zero-order chi connectivity index (χ0) is 15.4. The predicted molar refractivity (Wildman–Crippen MR) is 84.5 cm³/mol. The Morgan fingerprint density at radius 3 is 2.76 bits per heavy atom. The number of aromatic nitrogens is 3. The highest BCUT2D eigenvalue weighted by Gasteiger charge is 2.19. The minimum Gasteiger partial charge on any atom is -0.287 e. The summed E-state index contributed by atoms with van der Waals surface area (Å²) < 4.78 is 1.46. The third-order valence-electron chi connectivity index (χ3n) is 3.16. The molecule has 0 saturated carbocycles. The molecule has 1 aromatic heterocycles. The Labute approximate surface area is 133 Å². The van der Waals surface area contributed by atoms with E-state index in [1.807, 2.05) is 13.0 Å². The molecule has 21 heavy (non-hydrogen) atoms. The molecule has 1 unspecified atom stereocenters. The summed E-state index contributed by atoms with van der Waals surface area (Å²) >= 11 is 12.0. The molecule has 0 aliphatic rings. The van der Waals surface area contributed by atoms with Crippen LogP contribution < -0.4 is 0 Å². The number of benzene rings is 1. The van der Waals surface area contributed by atoms with Crippen molar-refractivity contribution in [2.75, 3.05) is 0 Å². The van der Waals surface area contributed by atoms with Crippen molar-refractivity contribution in [2.45, 2.75) is 20.3 Å². The molecule has 0 spiro atoms. The maximum Gasteiger partial charge on any atom is 0.212 e. The maximum atomic E-state index is 12.7. The summed E-state index contributed by atoms with van der Waals surface area (Å²) in [5, 5.41) is 4.86. The number of allylic oxidation sites excluding steroid dienone is 2. The normalized spacial score (nSPS) is 13.2. The highest BCUT2D eigenvalue weighted by molar-refractivity contribution is 6.39. The largest absolute Gasteiger partial charge is 0.287 e. The third-order valence-corrected chi connectivity index (χ3v) is 3.71. The Kier molecular flexibility index (Phi) is 5.15. The molecule has 6 heteroatoms. The number of hydrogen-bond donors (Lipinski definition) is 0. The van der Waals surface area contributed by atoms with E-state index in [2.05, 4.69) is 17.0 Å². The Bertz CT molecular complexity index is 666. The Morgan fingerprint density at radius 2 is 2.19 bits per heavy atom. The zero-order valence-electron chi connectivity index (χ0n) is 11.8. The van der Waals surface area contributed by atoms with Crippen LogP contribution in [0.2, 0.25) is 10.0 Å². The van der Waals surface area contributed by atoms with Crippen LogP contribution in [0.5, 0.6) is 0 Å². The van der Waals surface area contributed by atoms with Gasteiger partial charge in [-0.2, -0.15) is 5.10 Å². The lowest BCUT2D eigenvalue weighted by molar-refractivity contribution is 0.104. The molecule has 1 aromatic carbocycles. The molecule has 1 atom stereocenters. The van der Waals surface area contributed by atoms with Gasteiger partial charge in [-0.3, -0.25) is 4.79 Å². The monoisotopic (exact) mass is 323 g/mol. The van der Waals surface area contributed by atoms with Gasteiger partial charge in [0, 0.05) is 10.6 Å². The second kappa shape index (κ2) is 6.87. The van der Waals surface area contributed by atoms with Crippen LogP contribution in [0.15, 0.2) is 36.9 Å². The average molecular weight is 324 g/mol. The Hall–Kier alpha value is -1.65. The van der Waals surface area contributed by atoms with Gasteiger partial charge in [0.25, 0.3) is 0 Å². The highest BCUT2D eigenvalue weighted by Crippen LogP contribution is 2.25. The molecule has 2 rings (SSSR count). The van der Waals surface area contributed by atoms with Crippen molar-refractivity contribution in [3.8, 4) is 0 Å². The lowest BCUT2D eigenvalue weighted by atomic mass is 10.0. The van der Waals surface area contributed by atoms with Crippen LogP contribution in [0.25, 0.3) is 5.70 Å². The van der Waals surface area contributed by atoms with Crippen molar-refractivity contribution in [3.05, 3.63) is 52.5 Å². The highest BCUT2D eigenvalue weighted by atomic mass is 35.5. The Balaban J connectivity index is 2.46. The smallest absolute Gasteiger partial charge is 0.212 e. The molecule has 110 valence electrons. The van der Waals surface area contributed by atoms with E-state index in [1.54, 1.807) is 18.2 Å². The first-order chi connectivity index (χ1) is 10.0. The van der Waals surface area contributed by atoms with Crippen molar-refractivity contribution in [1.29, 1.82) is 0 Å². The topological polar surface area (TPSA) is 47.8 Å². The first kappa shape index (κ1) is 15.7. The fraction of sp³-hybridized carbons (Fsp3) is 0.267. The fourth-order valence-corrected chi connectivity index (χ4v) is 2.28. The second-order valence-electron chi connectivity index (χ2n) is 4.73. The fourth-order valence-electron chi connectivity index (χ4n) is 1.79. The molecule has 2 aromatic rings. The molecular weight excluding hydrogens is 309 g/mol. The molecule has 1 heterocycles. The number of rotatable bonds is 5. The first-order valence-corrected chi connectivity index (χ1v) is 7.35. The lowest BCUT2D eigenvalue weighted by Gasteiger charge is -2.10. The van der Waals surface area contributed by atoms with Crippen molar-refractivity contribution >= 4 is 34.7 Å². The molecule has 0 radical (unpaired) electrons. The summed E-state index contributed by atoms with van der Waals surface area (Å²) in [5.41, 5.74) is 0.831. The summed E-state index contributed by atoms with van der Waals surface area (Å²) in [6.45, 7) is 4.09. The maximum absolute atomic E-state index is 12.7. The van der Waals surface area contributed by atoms with E-state index in [9.17, 15) is 4.79 Å². The van der Waals surface area contributed by atoms with Crippen molar-refractivity contribution in [1.82, 2.24) is 14.8 Å². The van der Waals surface area contributed by atoms with Crippen LogP contribution in [0.3, 0.4) is 0 Å². The van der Waals surface area contributed by atoms with E-state index in [0.717, 1.165) is 6.42 Å². The average Bonchev–Trinajstić information content (AvgIpc) is 2.97. The van der Waals surface area contributed by atoms with Gasteiger partial charge in [-0.1, -0.05) is 49.5 Å². The second-order valence-corrected chi connectivity index (χ2v) is 5.57. The third kappa shape index (κ3) is 3.71. The number of carbonyl (C=O) groups is 1. The van der Waals surface area contributed by atoms with Gasteiger partial charge < -0.3 is 0 Å². The van der Waals surface area contributed by atoms with Gasteiger partial charge in [0.2, 0.25) is 5.78 Å². The number of ketones is 1. The van der Waals surface area contributed by atoms with Crippen LogP contribution in [0, 0.1) is 5.92 Å². The molecule has 4 nitrogen and oxygen atoms in total. The minimum absolute atomic E-state index is 0.206. The number of Topliss-reactive ketones (excluding diaryl/α,β-unsaturated/α-hetero) is 1. The van der Waals surface area contributed by atoms with Crippen LogP contribution in [-0.2, 0) is 0 Å². The van der Waals surface area contributed by atoms with E-state index in [0.29, 0.717) is 21.3 Å². The number of halogens is 2. The molecular formula is C15H15Cl2N3O. The van der Waals surface area contributed by atoms with Gasteiger partial charge in [-0.15, -0.1) is 0 Å². The van der Waals surface area contributed by atoms with Gasteiger partial charge in [0.15, 0.2) is 0 Å². The van der Waals surface area contributed by atoms with E-state index in [1.165, 1.54) is 17.3 Å². The molecule has 0 amide bonds. The number of nitrogens with zero attached hydrogens (tertiary/aromatic N) is 3. The molecule has 0 aliphatic carbocycles. The standard InChI is InChI=1S/C15H15Cl2N3O/c1-3-10(2)6-14(20-9-18-8-19-20)15(21)12-5-4-11(16)7-13(12)17/h4-10H,3H2,1-2H3/b14-6-. The van der Waals surface area contributed by atoms with Gasteiger partial charge in [-0.05, 0) is 24.1 Å². The summed E-state index contributed by atoms with van der Waals surface area (Å²) in [6, 6.07) is 4.82. The van der Waals surface area contributed by atoms with E-state index in [4.69, 9.17) is 23.2 Å². The van der Waals surface area contributed by atoms with Crippen LogP contribution in [-0.4, -0.2) is 20.5 Å². The van der Waals surface area contributed by atoms with Crippen LogP contribution in [0.1, 0.15) is 30.6 Å². The van der Waals surface area contributed by atoms with Crippen molar-refractivity contribution < 1.29 is 4.79 Å².